The molecule has 14 heavy (non-hydrogen) atoms. The largest absolute Gasteiger partial charge is 0.436 e. The van der Waals surface area contributed by atoms with Gasteiger partial charge in [-0.25, -0.2) is 9.48 Å². The zero-order valence-electron chi connectivity index (χ0n) is 9.43. The highest BCUT2D eigenvalue weighted by Gasteiger charge is 2.29. The average Bonchev–Trinajstić information content (AvgIpc) is 2.54. The lowest BCUT2D eigenvalue weighted by Gasteiger charge is -2.05. The first-order valence-electron chi connectivity index (χ1n) is 5.82. The Hall–Kier alpha value is -0.600. The summed E-state index contributed by atoms with van der Waals surface area (Å²) in [6, 6.07) is 0. The third-order valence-electron chi connectivity index (χ3n) is 2.72. The highest BCUT2D eigenvalue weighted by Crippen LogP contribution is 2.06. The number of unbranched alkanes of at least 4 members (excludes halogenated alkanes) is 2. The van der Waals surface area contributed by atoms with Crippen molar-refractivity contribution < 1.29 is 8.97 Å². The van der Waals surface area contributed by atoms with Crippen LogP contribution in [0, 0.1) is 0 Å². The van der Waals surface area contributed by atoms with Gasteiger partial charge in [-0.15, -0.1) is 4.39 Å². The topological polar surface area (TPSA) is 6.25 Å². The van der Waals surface area contributed by atoms with Gasteiger partial charge in [0.15, 0.2) is 0 Å². The smallest absolute Gasteiger partial charge is 0.232 e. The van der Waals surface area contributed by atoms with Gasteiger partial charge >= 0.3 is 6.09 Å². The maximum atomic E-state index is 13.7. The van der Waals surface area contributed by atoms with Gasteiger partial charge in [0, 0.05) is 0 Å². The molecule has 0 aromatic carbocycles. The molecule has 0 atom stereocenters. The predicted octanol–water partition coefficient (Wildman–Crippen LogP) is 2.24. The van der Waals surface area contributed by atoms with Crippen LogP contribution in [0.4, 0.5) is 4.39 Å². The van der Waals surface area contributed by atoms with Gasteiger partial charge < -0.3 is 0 Å². The second-order valence-electron chi connectivity index (χ2n) is 3.95. The fourth-order valence-corrected chi connectivity index (χ4v) is 1.73. The zero-order chi connectivity index (χ0) is 10.4. The summed E-state index contributed by atoms with van der Waals surface area (Å²) in [6.07, 6.45) is 4.47. The van der Waals surface area contributed by atoms with Gasteiger partial charge in [-0.2, -0.15) is 0 Å². The number of amidine groups is 1. The fraction of sp³-hybridized carbons (Fsp3) is 0.909. The Kier molecular flexibility index (Phi) is 4.91. The quantitative estimate of drug-likeness (QED) is 0.472. The molecule has 0 N–H and O–H groups in total. The van der Waals surface area contributed by atoms with Crippen LogP contribution < -0.4 is 0 Å². The molecule has 0 saturated carbocycles. The summed E-state index contributed by atoms with van der Waals surface area (Å²) in [5, 5.41) is 0. The Morgan fingerprint density at radius 3 is 2.64 bits per heavy atom. The lowest BCUT2D eigenvalue weighted by molar-refractivity contribution is -0.523. The van der Waals surface area contributed by atoms with E-state index in [1.54, 1.807) is 0 Å². The molecule has 1 aliphatic heterocycles. The van der Waals surface area contributed by atoms with Gasteiger partial charge in [-0.3, -0.25) is 0 Å². The predicted molar refractivity (Wildman–Crippen MR) is 57.5 cm³/mol. The third kappa shape index (κ3) is 2.96. The first-order chi connectivity index (χ1) is 6.79. The molecule has 0 amide bonds. The monoisotopic (exact) mass is 201 g/mol. The van der Waals surface area contributed by atoms with Crippen molar-refractivity contribution in [1.82, 2.24) is 4.90 Å². The average molecular weight is 201 g/mol. The van der Waals surface area contributed by atoms with Crippen LogP contribution in [0.1, 0.15) is 39.5 Å². The van der Waals surface area contributed by atoms with Gasteiger partial charge in [0.05, 0.1) is 13.1 Å². The normalized spacial score (nSPS) is 16.9. The van der Waals surface area contributed by atoms with Crippen LogP contribution in [-0.4, -0.2) is 41.7 Å². The molecular weight excluding hydrogens is 179 g/mol. The minimum atomic E-state index is 0.00639. The van der Waals surface area contributed by atoms with Crippen molar-refractivity contribution in [2.75, 3.05) is 26.2 Å². The summed E-state index contributed by atoms with van der Waals surface area (Å²) in [4.78, 5) is 1.87. The Morgan fingerprint density at radius 2 is 2.00 bits per heavy atom. The first-order valence-corrected chi connectivity index (χ1v) is 5.82. The molecule has 1 rings (SSSR count). The van der Waals surface area contributed by atoms with Crippen molar-refractivity contribution in [1.29, 1.82) is 0 Å². The lowest BCUT2D eigenvalue weighted by Crippen LogP contribution is -2.27. The van der Waals surface area contributed by atoms with E-state index in [0.717, 1.165) is 51.9 Å². The van der Waals surface area contributed by atoms with Crippen molar-refractivity contribution in [3.63, 3.8) is 0 Å². The lowest BCUT2D eigenvalue weighted by atomic mass is 10.3. The number of halogens is 1. The second-order valence-corrected chi connectivity index (χ2v) is 3.95. The molecule has 0 radical (unpaired) electrons. The van der Waals surface area contributed by atoms with Crippen LogP contribution >= 0.6 is 0 Å². The van der Waals surface area contributed by atoms with Crippen LogP contribution in [0.5, 0.6) is 0 Å². The Morgan fingerprint density at radius 1 is 1.29 bits per heavy atom. The number of hydrogen-bond acceptors (Lipinski definition) is 1. The highest BCUT2D eigenvalue weighted by molar-refractivity contribution is 5.68. The molecule has 2 nitrogen and oxygen atoms in total. The van der Waals surface area contributed by atoms with Crippen molar-refractivity contribution >= 4 is 6.09 Å². The van der Waals surface area contributed by atoms with E-state index >= 15 is 0 Å². The van der Waals surface area contributed by atoms with Crippen LogP contribution in [0.25, 0.3) is 0 Å². The zero-order valence-corrected chi connectivity index (χ0v) is 9.43. The first kappa shape index (κ1) is 11.5. The maximum absolute atomic E-state index is 13.7. The standard InChI is InChI=1S/C11H22FN2/c1-3-5-7-13-9-10-14(11(13)12)8-6-4-2/h3-10H2,1-2H3/q+1. The summed E-state index contributed by atoms with van der Waals surface area (Å²) in [7, 11) is 0. The third-order valence-corrected chi connectivity index (χ3v) is 2.72. The van der Waals surface area contributed by atoms with Crippen molar-refractivity contribution in [3.05, 3.63) is 0 Å². The molecule has 0 fully saturated rings. The second kappa shape index (κ2) is 5.99. The van der Waals surface area contributed by atoms with Crippen molar-refractivity contribution in [3.8, 4) is 0 Å². The summed E-state index contributed by atoms with van der Waals surface area (Å²) < 4.78 is 15.5. The van der Waals surface area contributed by atoms with Gasteiger partial charge in [0.2, 0.25) is 0 Å². The van der Waals surface area contributed by atoms with Crippen molar-refractivity contribution in [2.45, 2.75) is 39.5 Å². The molecule has 0 bridgehead atoms. The summed E-state index contributed by atoms with van der Waals surface area (Å²) >= 11 is 0. The van der Waals surface area contributed by atoms with E-state index in [-0.39, 0.29) is 6.09 Å². The molecule has 82 valence electrons. The minimum Gasteiger partial charge on any atom is -0.232 e. The Bertz CT molecular complexity index is 201. The molecule has 0 aromatic heterocycles. The molecular formula is C11H22FN2+. The van der Waals surface area contributed by atoms with E-state index in [1.165, 1.54) is 0 Å². The van der Waals surface area contributed by atoms with Crippen LogP contribution in [0.2, 0.25) is 0 Å². The SMILES string of the molecule is CCCCN1CC[N+](CCCC)=C1F. The molecule has 0 aromatic rings. The van der Waals surface area contributed by atoms with E-state index in [4.69, 9.17) is 0 Å². The molecule has 1 heterocycles. The summed E-state index contributed by atoms with van der Waals surface area (Å²) in [5.74, 6) is 0. The van der Waals surface area contributed by atoms with Crippen LogP contribution in [-0.2, 0) is 0 Å². The Balaban J connectivity index is 2.38. The Labute approximate surface area is 86.4 Å². The van der Waals surface area contributed by atoms with Gasteiger partial charge in [-0.05, 0) is 12.8 Å². The van der Waals surface area contributed by atoms with E-state index in [2.05, 4.69) is 13.8 Å². The number of rotatable bonds is 6. The minimum absolute atomic E-state index is 0.00639. The van der Waals surface area contributed by atoms with E-state index in [0.29, 0.717) is 0 Å². The highest BCUT2D eigenvalue weighted by atomic mass is 19.1. The van der Waals surface area contributed by atoms with Gasteiger partial charge in [0.1, 0.15) is 13.1 Å². The molecule has 0 aliphatic carbocycles. The van der Waals surface area contributed by atoms with Gasteiger partial charge in [-0.1, -0.05) is 26.7 Å². The number of nitrogens with zero attached hydrogens (tertiary/aromatic N) is 2. The molecule has 0 spiro atoms. The van der Waals surface area contributed by atoms with Crippen molar-refractivity contribution in [2.24, 2.45) is 0 Å². The fourth-order valence-electron chi connectivity index (χ4n) is 1.73. The van der Waals surface area contributed by atoms with E-state index < -0.39 is 0 Å². The molecule has 3 heteroatoms. The van der Waals surface area contributed by atoms with Crippen LogP contribution in [0.3, 0.4) is 0 Å². The summed E-state index contributed by atoms with van der Waals surface area (Å²) in [5.41, 5.74) is 0. The summed E-state index contributed by atoms with van der Waals surface area (Å²) in [6.45, 7) is 7.78. The molecule has 0 saturated heterocycles. The van der Waals surface area contributed by atoms with E-state index in [9.17, 15) is 4.39 Å². The molecule has 1 aliphatic rings. The van der Waals surface area contributed by atoms with Crippen LogP contribution in [0.15, 0.2) is 0 Å². The van der Waals surface area contributed by atoms with E-state index in [1.807, 2.05) is 9.48 Å². The molecule has 0 unspecified atom stereocenters. The maximum Gasteiger partial charge on any atom is 0.436 e. The number of hydrogen-bond donors (Lipinski definition) is 0. The van der Waals surface area contributed by atoms with Gasteiger partial charge in [0.25, 0.3) is 0 Å².